The molecule has 6 heteroatoms. The van der Waals surface area contributed by atoms with Crippen LogP contribution < -0.4 is 10.0 Å². The highest BCUT2D eigenvalue weighted by Gasteiger charge is 2.20. The van der Waals surface area contributed by atoms with E-state index in [4.69, 9.17) is 0 Å². The van der Waals surface area contributed by atoms with Crippen LogP contribution in [0.1, 0.15) is 37.9 Å². The fourth-order valence-electron chi connectivity index (χ4n) is 1.88. The lowest BCUT2D eigenvalue weighted by Crippen LogP contribution is -2.31. The van der Waals surface area contributed by atoms with Crippen LogP contribution in [0, 0.1) is 0 Å². The summed E-state index contributed by atoms with van der Waals surface area (Å²) >= 11 is 0. The number of nitrogens with zero attached hydrogens (tertiary/aromatic N) is 1. The average Bonchev–Trinajstić information content (AvgIpc) is 3.19. The van der Waals surface area contributed by atoms with Crippen molar-refractivity contribution in [2.45, 2.75) is 38.3 Å². The Morgan fingerprint density at radius 2 is 2.21 bits per heavy atom. The van der Waals surface area contributed by atoms with Crippen LogP contribution in [0.5, 0.6) is 0 Å². The normalized spacial score (nSPS) is 17.3. The predicted molar refractivity (Wildman–Crippen MR) is 75.2 cm³/mol. The molecule has 2 N–H and O–H groups in total. The van der Waals surface area contributed by atoms with E-state index in [1.807, 2.05) is 25.1 Å². The van der Waals surface area contributed by atoms with Gasteiger partial charge in [0.1, 0.15) is 0 Å². The maximum Gasteiger partial charge on any atom is 0.212 e. The molecule has 1 aliphatic carbocycles. The summed E-state index contributed by atoms with van der Waals surface area (Å²) in [5, 5.41) is 3.31. The zero-order valence-electron chi connectivity index (χ0n) is 11.2. The van der Waals surface area contributed by atoms with Crippen molar-refractivity contribution in [1.82, 2.24) is 15.0 Å². The number of hydrogen-bond acceptors (Lipinski definition) is 4. The minimum absolute atomic E-state index is 0.157. The molecule has 19 heavy (non-hydrogen) atoms. The van der Waals surface area contributed by atoms with Gasteiger partial charge in [-0.05, 0) is 44.9 Å². The molecule has 0 saturated heterocycles. The molecule has 0 bridgehead atoms. The lowest BCUT2D eigenvalue weighted by molar-refractivity contribution is 0.558. The van der Waals surface area contributed by atoms with Gasteiger partial charge in [0.05, 0.1) is 17.5 Å². The van der Waals surface area contributed by atoms with Crippen molar-refractivity contribution in [3.63, 3.8) is 0 Å². The zero-order valence-corrected chi connectivity index (χ0v) is 12.0. The summed E-state index contributed by atoms with van der Waals surface area (Å²) < 4.78 is 26.5. The Balaban J connectivity index is 1.75. The second kappa shape index (κ2) is 6.45. The zero-order chi connectivity index (χ0) is 13.7. The monoisotopic (exact) mass is 283 g/mol. The quantitative estimate of drug-likeness (QED) is 0.703. The van der Waals surface area contributed by atoms with E-state index >= 15 is 0 Å². The van der Waals surface area contributed by atoms with E-state index in [1.165, 1.54) is 12.8 Å². The summed E-state index contributed by atoms with van der Waals surface area (Å²) in [6.45, 7) is 2.58. The summed E-state index contributed by atoms with van der Waals surface area (Å²) in [5.41, 5.74) is 0.738. The van der Waals surface area contributed by atoms with Crippen molar-refractivity contribution in [3.05, 3.63) is 30.1 Å². The van der Waals surface area contributed by atoms with Crippen LogP contribution in [0.25, 0.3) is 0 Å². The van der Waals surface area contributed by atoms with Gasteiger partial charge in [0.15, 0.2) is 0 Å². The molecule has 1 fully saturated rings. The number of hydrogen-bond donors (Lipinski definition) is 2. The van der Waals surface area contributed by atoms with E-state index in [2.05, 4.69) is 15.0 Å². The Bertz CT molecular complexity index is 486. The van der Waals surface area contributed by atoms with E-state index in [-0.39, 0.29) is 11.8 Å². The van der Waals surface area contributed by atoms with Crippen LogP contribution in [0.4, 0.5) is 0 Å². The maximum atomic E-state index is 11.9. The third kappa shape index (κ3) is 5.26. The van der Waals surface area contributed by atoms with Crippen molar-refractivity contribution in [3.8, 4) is 0 Å². The molecule has 0 radical (unpaired) electrons. The molecule has 1 atom stereocenters. The van der Waals surface area contributed by atoms with E-state index in [0.717, 1.165) is 12.2 Å². The number of nitrogens with one attached hydrogen (secondary N) is 2. The van der Waals surface area contributed by atoms with E-state index in [9.17, 15) is 8.42 Å². The molecule has 1 aromatic heterocycles. The summed E-state index contributed by atoms with van der Waals surface area (Å²) in [5.74, 6) is 0.157. The first-order chi connectivity index (χ1) is 9.07. The van der Waals surface area contributed by atoms with Gasteiger partial charge in [-0.3, -0.25) is 4.98 Å². The Morgan fingerprint density at radius 1 is 1.42 bits per heavy atom. The Hall–Kier alpha value is -0.980. The molecule has 2 rings (SSSR count). The number of pyridine rings is 1. The molecule has 1 heterocycles. The van der Waals surface area contributed by atoms with Crippen LogP contribution in [0.3, 0.4) is 0 Å². The molecule has 106 valence electrons. The van der Waals surface area contributed by atoms with Gasteiger partial charge in [0, 0.05) is 12.2 Å². The van der Waals surface area contributed by atoms with Crippen molar-refractivity contribution in [2.24, 2.45) is 0 Å². The Labute approximate surface area is 114 Å². The molecule has 5 nitrogen and oxygen atoms in total. The van der Waals surface area contributed by atoms with E-state index < -0.39 is 10.0 Å². The second-order valence-electron chi connectivity index (χ2n) is 4.99. The molecular weight excluding hydrogens is 262 g/mol. The van der Waals surface area contributed by atoms with E-state index in [0.29, 0.717) is 12.5 Å². The first-order valence-corrected chi connectivity index (χ1v) is 8.36. The topological polar surface area (TPSA) is 71.1 Å². The molecule has 1 aliphatic rings. The first kappa shape index (κ1) is 14.4. The predicted octanol–water partition coefficient (Wildman–Crippen LogP) is 1.20. The summed E-state index contributed by atoms with van der Waals surface area (Å²) in [6.07, 6.45) is 4.75. The Kier molecular flexibility index (Phi) is 4.90. The number of aromatic nitrogens is 1. The van der Waals surface area contributed by atoms with Crippen LogP contribution in [0.2, 0.25) is 0 Å². The first-order valence-electron chi connectivity index (χ1n) is 6.71. The molecule has 1 unspecified atom stereocenters. The maximum absolute atomic E-state index is 11.9. The van der Waals surface area contributed by atoms with Gasteiger partial charge in [-0.1, -0.05) is 6.07 Å². The minimum atomic E-state index is -3.24. The van der Waals surface area contributed by atoms with Gasteiger partial charge in [-0.25, -0.2) is 13.1 Å². The van der Waals surface area contributed by atoms with Crippen LogP contribution in [0.15, 0.2) is 24.4 Å². The number of rotatable bonds is 8. The fraction of sp³-hybridized carbons (Fsp3) is 0.615. The smallest absolute Gasteiger partial charge is 0.212 e. The van der Waals surface area contributed by atoms with Crippen molar-refractivity contribution in [2.75, 3.05) is 12.3 Å². The third-order valence-electron chi connectivity index (χ3n) is 3.09. The summed E-state index contributed by atoms with van der Waals surface area (Å²) in [4.78, 5) is 4.15. The van der Waals surface area contributed by atoms with Gasteiger partial charge in [0.25, 0.3) is 0 Å². The highest BCUT2D eigenvalue weighted by molar-refractivity contribution is 7.89. The largest absolute Gasteiger partial charge is 0.314 e. The fourth-order valence-corrected chi connectivity index (χ4v) is 3.18. The van der Waals surface area contributed by atoms with Gasteiger partial charge < -0.3 is 5.32 Å². The van der Waals surface area contributed by atoms with Gasteiger partial charge in [-0.15, -0.1) is 0 Å². The highest BCUT2D eigenvalue weighted by atomic mass is 32.2. The van der Waals surface area contributed by atoms with Gasteiger partial charge in [0.2, 0.25) is 10.0 Å². The SMILES string of the molecule is CC(NS(=O)(=O)CCCNC1CC1)c1ccccn1. The van der Waals surface area contributed by atoms with Crippen molar-refractivity contribution in [1.29, 1.82) is 0 Å². The van der Waals surface area contributed by atoms with Gasteiger partial charge >= 0.3 is 0 Å². The molecule has 0 spiro atoms. The minimum Gasteiger partial charge on any atom is -0.314 e. The van der Waals surface area contributed by atoms with Crippen molar-refractivity contribution >= 4 is 10.0 Å². The van der Waals surface area contributed by atoms with Crippen LogP contribution >= 0.6 is 0 Å². The average molecular weight is 283 g/mol. The van der Waals surface area contributed by atoms with Crippen LogP contribution in [-0.2, 0) is 10.0 Å². The third-order valence-corrected chi connectivity index (χ3v) is 4.63. The number of sulfonamides is 1. The van der Waals surface area contributed by atoms with Gasteiger partial charge in [-0.2, -0.15) is 0 Å². The summed E-state index contributed by atoms with van der Waals surface area (Å²) in [6, 6.07) is 5.83. The highest BCUT2D eigenvalue weighted by Crippen LogP contribution is 2.18. The molecule has 0 aliphatic heterocycles. The Morgan fingerprint density at radius 3 is 2.84 bits per heavy atom. The molecule has 0 amide bonds. The lowest BCUT2D eigenvalue weighted by atomic mass is 10.2. The molecule has 0 aromatic carbocycles. The standard InChI is InChI=1S/C13H21N3O2S/c1-11(13-5-2-3-8-15-13)16-19(17,18)10-4-9-14-12-6-7-12/h2-3,5,8,11-12,14,16H,4,6-7,9-10H2,1H3. The molecule has 1 saturated carbocycles. The molecular formula is C13H21N3O2S. The second-order valence-corrected chi connectivity index (χ2v) is 6.87. The van der Waals surface area contributed by atoms with E-state index in [1.54, 1.807) is 6.20 Å². The lowest BCUT2D eigenvalue weighted by Gasteiger charge is -2.13. The van der Waals surface area contributed by atoms with Crippen molar-refractivity contribution < 1.29 is 8.42 Å². The summed E-state index contributed by atoms with van der Waals surface area (Å²) in [7, 11) is -3.24. The molecule has 1 aromatic rings. The van der Waals surface area contributed by atoms with Crippen LogP contribution in [-0.4, -0.2) is 31.7 Å².